The molecular formula is C12H17ClN2O2. The maximum Gasteiger partial charge on any atom is 0.213 e. The molecule has 2 rings (SSSR count). The van der Waals surface area contributed by atoms with Crippen molar-refractivity contribution < 1.29 is 9.90 Å². The van der Waals surface area contributed by atoms with E-state index in [0.29, 0.717) is 30.1 Å². The molecule has 1 aromatic heterocycles. The summed E-state index contributed by atoms with van der Waals surface area (Å²) in [6, 6.07) is 0. The van der Waals surface area contributed by atoms with Crippen LogP contribution in [0.1, 0.15) is 49.5 Å². The zero-order valence-corrected chi connectivity index (χ0v) is 10.7. The zero-order valence-electron chi connectivity index (χ0n) is 9.95. The van der Waals surface area contributed by atoms with E-state index in [4.69, 9.17) is 11.6 Å². The number of ketones is 1. The third kappa shape index (κ3) is 2.24. The quantitative estimate of drug-likeness (QED) is 0.842. The Kier molecular flexibility index (Phi) is 3.54. The highest BCUT2D eigenvalue weighted by Gasteiger charge is 2.41. The SMILES string of the molecule is CCCn1ncc(Cl)c1C(=O)C1(O)CCCC1. The summed E-state index contributed by atoms with van der Waals surface area (Å²) in [5.41, 5.74) is -0.868. The molecule has 1 fully saturated rings. The third-order valence-electron chi connectivity index (χ3n) is 3.30. The number of hydrogen-bond acceptors (Lipinski definition) is 3. The standard InChI is InChI=1S/C12H17ClN2O2/c1-2-7-15-10(9(13)8-14-15)11(16)12(17)5-3-4-6-12/h8,17H,2-7H2,1H3. The van der Waals surface area contributed by atoms with E-state index < -0.39 is 5.60 Å². The van der Waals surface area contributed by atoms with E-state index >= 15 is 0 Å². The van der Waals surface area contributed by atoms with Gasteiger partial charge in [-0.1, -0.05) is 18.5 Å². The molecule has 0 aliphatic heterocycles. The van der Waals surface area contributed by atoms with Crippen molar-refractivity contribution in [2.45, 2.75) is 51.2 Å². The molecular weight excluding hydrogens is 240 g/mol. The molecule has 0 radical (unpaired) electrons. The highest BCUT2D eigenvalue weighted by atomic mass is 35.5. The van der Waals surface area contributed by atoms with Gasteiger partial charge in [0.2, 0.25) is 5.78 Å². The summed E-state index contributed by atoms with van der Waals surface area (Å²) in [6.07, 6.45) is 5.18. The van der Waals surface area contributed by atoms with Crippen molar-refractivity contribution in [1.82, 2.24) is 9.78 Å². The van der Waals surface area contributed by atoms with Gasteiger partial charge in [-0.25, -0.2) is 0 Å². The third-order valence-corrected chi connectivity index (χ3v) is 3.58. The van der Waals surface area contributed by atoms with Gasteiger partial charge < -0.3 is 5.11 Å². The van der Waals surface area contributed by atoms with Crippen LogP contribution < -0.4 is 0 Å². The Morgan fingerprint density at radius 2 is 2.24 bits per heavy atom. The lowest BCUT2D eigenvalue weighted by Crippen LogP contribution is -2.37. The Hall–Kier alpha value is -0.870. The predicted molar refractivity (Wildman–Crippen MR) is 65.3 cm³/mol. The number of aryl methyl sites for hydroxylation is 1. The molecule has 0 aromatic carbocycles. The summed E-state index contributed by atoms with van der Waals surface area (Å²) in [5, 5.41) is 14.7. The number of rotatable bonds is 4. The minimum atomic E-state index is -1.23. The predicted octanol–water partition coefficient (Wildman–Crippen LogP) is 2.43. The van der Waals surface area contributed by atoms with Crippen LogP contribution in [0.5, 0.6) is 0 Å². The second kappa shape index (κ2) is 4.78. The molecule has 0 amide bonds. The number of aliphatic hydroxyl groups is 1. The first-order valence-electron chi connectivity index (χ1n) is 6.07. The Morgan fingerprint density at radius 1 is 1.59 bits per heavy atom. The number of nitrogens with zero attached hydrogens (tertiary/aromatic N) is 2. The van der Waals surface area contributed by atoms with Crippen LogP contribution in [0.15, 0.2) is 6.20 Å². The largest absolute Gasteiger partial charge is 0.382 e. The summed E-state index contributed by atoms with van der Waals surface area (Å²) in [4.78, 5) is 12.4. The maximum atomic E-state index is 12.4. The van der Waals surface area contributed by atoms with E-state index in [1.807, 2.05) is 6.92 Å². The van der Waals surface area contributed by atoms with E-state index in [9.17, 15) is 9.90 Å². The van der Waals surface area contributed by atoms with Crippen LogP contribution in [0, 0.1) is 0 Å². The Morgan fingerprint density at radius 3 is 2.82 bits per heavy atom. The van der Waals surface area contributed by atoms with Crippen molar-refractivity contribution >= 4 is 17.4 Å². The number of aromatic nitrogens is 2. The Bertz CT molecular complexity index is 422. The summed E-state index contributed by atoms with van der Waals surface area (Å²) in [5.74, 6) is -0.272. The van der Waals surface area contributed by atoms with Gasteiger partial charge in [-0.3, -0.25) is 9.48 Å². The van der Waals surface area contributed by atoms with Gasteiger partial charge in [-0.2, -0.15) is 5.10 Å². The van der Waals surface area contributed by atoms with E-state index in [-0.39, 0.29) is 5.78 Å². The number of hydrogen-bond donors (Lipinski definition) is 1. The minimum absolute atomic E-state index is 0.272. The molecule has 17 heavy (non-hydrogen) atoms. The van der Waals surface area contributed by atoms with Gasteiger partial charge in [-0.05, 0) is 32.1 Å². The van der Waals surface area contributed by atoms with E-state index in [1.165, 1.54) is 6.20 Å². The van der Waals surface area contributed by atoms with Crippen molar-refractivity contribution in [3.63, 3.8) is 0 Å². The Labute approximate surface area is 106 Å². The first-order chi connectivity index (χ1) is 8.08. The smallest absolute Gasteiger partial charge is 0.213 e. The zero-order chi connectivity index (χ0) is 12.5. The van der Waals surface area contributed by atoms with Gasteiger partial charge in [0.05, 0.1) is 11.2 Å². The van der Waals surface area contributed by atoms with E-state index in [2.05, 4.69) is 5.10 Å². The van der Waals surface area contributed by atoms with Gasteiger partial charge in [0.1, 0.15) is 11.3 Å². The van der Waals surface area contributed by atoms with Gasteiger partial charge in [-0.15, -0.1) is 0 Å². The Balaban J connectivity index is 2.32. The molecule has 1 saturated carbocycles. The van der Waals surface area contributed by atoms with Crippen molar-refractivity contribution in [1.29, 1.82) is 0 Å². The summed E-state index contributed by atoms with van der Waals surface area (Å²) < 4.78 is 1.60. The first-order valence-corrected chi connectivity index (χ1v) is 6.45. The highest BCUT2D eigenvalue weighted by Crippen LogP contribution is 2.34. The molecule has 5 heteroatoms. The second-order valence-corrected chi connectivity index (χ2v) is 5.04. The van der Waals surface area contributed by atoms with Gasteiger partial charge in [0, 0.05) is 6.54 Å². The van der Waals surface area contributed by atoms with Crippen LogP contribution in [0.3, 0.4) is 0 Å². The number of halogens is 1. The van der Waals surface area contributed by atoms with Crippen LogP contribution in [-0.4, -0.2) is 26.3 Å². The van der Waals surface area contributed by atoms with Crippen LogP contribution in [0.2, 0.25) is 5.02 Å². The maximum absolute atomic E-state index is 12.4. The number of carbonyl (C=O) groups is 1. The monoisotopic (exact) mass is 256 g/mol. The lowest BCUT2D eigenvalue weighted by Gasteiger charge is -2.20. The fourth-order valence-electron chi connectivity index (χ4n) is 2.38. The molecule has 0 saturated heterocycles. The molecule has 4 nitrogen and oxygen atoms in total. The van der Waals surface area contributed by atoms with Crippen LogP contribution >= 0.6 is 11.6 Å². The highest BCUT2D eigenvalue weighted by molar-refractivity contribution is 6.34. The van der Waals surface area contributed by atoms with Crippen LogP contribution in [0.4, 0.5) is 0 Å². The summed E-state index contributed by atoms with van der Waals surface area (Å²) in [7, 11) is 0. The molecule has 1 aliphatic rings. The van der Waals surface area contributed by atoms with Crippen LogP contribution in [-0.2, 0) is 6.54 Å². The topological polar surface area (TPSA) is 55.1 Å². The molecule has 1 aromatic rings. The van der Waals surface area contributed by atoms with Crippen molar-refractivity contribution in [3.8, 4) is 0 Å². The van der Waals surface area contributed by atoms with Crippen molar-refractivity contribution in [2.75, 3.05) is 0 Å². The minimum Gasteiger partial charge on any atom is -0.382 e. The normalized spacial score (nSPS) is 18.5. The lowest BCUT2D eigenvalue weighted by atomic mass is 9.94. The lowest BCUT2D eigenvalue weighted by molar-refractivity contribution is 0.0342. The average molecular weight is 257 g/mol. The van der Waals surface area contributed by atoms with E-state index in [1.54, 1.807) is 4.68 Å². The molecule has 0 bridgehead atoms. The molecule has 94 valence electrons. The van der Waals surface area contributed by atoms with Gasteiger partial charge >= 0.3 is 0 Å². The number of Topliss-reactive ketones (excluding diaryl/α,β-unsaturated/α-hetero) is 1. The fourth-order valence-corrected chi connectivity index (χ4v) is 2.60. The van der Waals surface area contributed by atoms with Gasteiger partial charge in [0.25, 0.3) is 0 Å². The summed E-state index contributed by atoms with van der Waals surface area (Å²) >= 11 is 6.00. The molecule has 0 spiro atoms. The number of carbonyl (C=O) groups excluding carboxylic acids is 1. The summed E-state index contributed by atoms with van der Waals surface area (Å²) in [6.45, 7) is 2.65. The average Bonchev–Trinajstić information content (AvgIpc) is 2.87. The molecule has 1 aliphatic carbocycles. The fraction of sp³-hybridized carbons (Fsp3) is 0.667. The van der Waals surface area contributed by atoms with Crippen molar-refractivity contribution in [3.05, 3.63) is 16.9 Å². The van der Waals surface area contributed by atoms with Crippen molar-refractivity contribution in [2.24, 2.45) is 0 Å². The van der Waals surface area contributed by atoms with Crippen LogP contribution in [0.25, 0.3) is 0 Å². The molecule has 0 atom stereocenters. The van der Waals surface area contributed by atoms with E-state index in [0.717, 1.165) is 19.3 Å². The second-order valence-electron chi connectivity index (χ2n) is 4.63. The molecule has 1 heterocycles. The first kappa shape index (κ1) is 12.6. The van der Waals surface area contributed by atoms with Gasteiger partial charge in [0.15, 0.2) is 0 Å². The molecule has 1 N–H and O–H groups in total. The molecule has 0 unspecified atom stereocenters.